The van der Waals surface area contributed by atoms with Crippen LogP contribution in [0.3, 0.4) is 0 Å². The standard InChI is InChI=1S/C16H24N2O3/c1-3-21-14-7-5-4-6-13(14)12-18(2)15(19)16(17)8-10-20-11-9-16/h4-7H,3,8-12,17H2,1-2H3. The highest BCUT2D eigenvalue weighted by Gasteiger charge is 2.37. The monoisotopic (exact) mass is 292 g/mol. The van der Waals surface area contributed by atoms with E-state index in [4.69, 9.17) is 15.2 Å². The van der Waals surface area contributed by atoms with E-state index in [0.29, 0.717) is 39.2 Å². The lowest BCUT2D eigenvalue weighted by Gasteiger charge is -2.35. The maximum Gasteiger partial charge on any atom is 0.242 e. The van der Waals surface area contributed by atoms with Gasteiger partial charge >= 0.3 is 0 Å². The summed E-state index contributed by atoms with van der Waals surface area (Å²) in [4.78, 5) is 14.3. The molecule has 1 saturated heterocycles. The average molecular weight is 292 g/mol. The van der Waals surface area contributed by atoms with Crippen molar-refractivity contribution in [2.45, 2.75) is 31.8 Å². The van der Waals surface area contributed by atoms with Crippen LogP contribution in [-0.2, 0) is 16.1 Å². The van der Waals surface area contributed by atoms with Crippen LogP contribution < -0.4 is 10.5 Å². The molecule has 1 amide bonds. The molecule has 0 aromatic heterocycles. The van der Waals surface area contributed by atoms with Gasteiger partial charge in [0, 0.05) is 32.4 Å². The highest BCUT2D eigenvalue weighted by atomic mass is 16.5. The highest BCUT2D eigenvalue weighted by Crippen LogP contribution is 2.23. The van der Waals surface area contributed by atoms with Gasteiger partial charge in [-0.2, -0.15) is 0 Å². The van der Waals surface area contributed by atoms with E-state index in [-0.39, 0.29) is 5.91 Å². The lowest BCUT2D eigenvalue weighted by molar-refractivity contribution is -0.139. The van der Waals surface area contributed by atoms with Crippen LogP contribution in [0.15, 0.2) is 24.3 Å². The summed E-state index contributed by atoms with van der Waals surface area (Å²) in [5.74, 6) is 0.787. The van der Waals surface area contributed by atoms with E-state index < -0.39 is 5.54 Å². The van der Waals surface area contributed by atoms with Gasteiger partial charge in [0.2, 0.25) is 5.91 Å². The first-order chi connectivity index (χ1) is 10.1. The predicted octanol–water partition coefficient (Wildman–Crippen LogP) is 1.55. The molecule has 0 saturated carbocycles. The lowest BCUT2D eigenvalue weighted by atomic mass is 9.89. The minimum atomic E-state index is -0.798. The molecule has 21 heavy (non-hydrogen) atoms. The topological polar surface area (TPSA) is 64.8 Å². The molecule has 1 aliphatic heterocycles. The Hall–Kier alpha value is -1.59. The van der Waals surface area contributed by atoms with E-state index in [1.165, 1.54) is 0 Å². The molecule has 0 radical (unpaired) electrons. The Morgan fingerprint density at radius 2 is 2.05 bits per heavy atom. The number of nitrogens with two attached hydrogens (primary N) is 1. The van der Waals surface area contributed by atoms with Gasteiger partial charge in [-0.15, -0.1) is 0 Å². The Labute approximate surface area is 126 Å². The number of carbonyl (C=O) groups excluding carboxylic acids is 1. The van der Waals surface area contributed by atoms with Gasteiger partial charge < -0.3 is 20.1 Å². The van der Waals surface area contributed by atoms with Gasteiger partial charge in [-0.05, 0) is 25.8 Å². The fourth-order valence-electron chi connectivity index (χ4n) is 2.59. The van der Waals surface area contributed by atoms with Crippen molar-refractivity contribution in [2.24, 2.45) is 5.73 Å². The molecule has 0 bridgehead atoms. The molecule has 1 heterocycles. The predicted molar refractivity (Wildman–Crippen MR) is 81.1 cm³/mol. The summed E-state index contributed by atoms with van der Waals surface area (Å²) in [6.07, 6.45) is 1.15. The third kappa shape index (κ3) is 3.74. The second kappa shape index (κ2) is 6.91. The summed E-state index contributed by atoms with van der Waals surface area (Å²) in [7, 11) is 1.79. The van der Waals surface area contributed by atoms with Crippen molar-refractivity contribution in [1.82, 2.24) is 4.90 Å². The van der Waals surface area contributed by atoms with Crippen molar-refractivity contribution >= 4 is 5.91 Å². The molecule has 0 unspecified atom stereocenters. The van der Waals surface area contributed by atoms with E-state index >= 15 is 0 Å². The lowest BCUT2D eigenvalue weighted by Crippen LogP contribution is -2.57. The summed E-state index contributed by atoms with van der Waals surface area (Å²) in [6, 6.07) is 7.77. The molecule has 2 rings (SSSR count). The van der Waals surface area contributed by atoms with Crippen molar-refractivity contribution in [3.63, 3.8) is 0 Å². The summed E-state index contributed by atoms with van der Waals surface area (Å²) < 4.78 is 10.9. The Morgan fingerprint density at radius 1 is 1.38 bits per heavy atom. The number of rotatable bonds is 5. The second-order valence-electron chi connectivity index (χ2n) is 5.47. The van der Waals surface area contributed by atoms with E-state index in [2.05, 4.69) is 0 Å². The largest absolute Gasteiger partial charge is 0.494 e. The zero-order valence-electron chi connectivity index (χ0n) is 12.8. The minimum Gasteiger partial charge on any atom is -0.494 e. The van der Waals surface area contributed by atoms with Crippen LogP contribution in [0, 0.1) is 0 Å². The molecular weight excluding hydrogens is 268 g/mol. The highest BCUT2D eigenvalue weighted by molar-refractivity contribution is 5.86. The number of hydrogen-bond acceptors (Lipinski definition) is 4. The SMILES string of the molecule is CCOc1ccccc1CN(C)C(=O)C1(N)CCOCC1. The van der Waals surface area contributed by atoms with Crippen LogP contribution in [-0.4, -0.2) is 43.2 Å². The Morgan fingerprint density at radius 3 is 2.71 bits per heavy atom. The molecule has 1 aromatic rings. The Kier molecular flexibility index (Phi) is 5.20. The molecular formula is C16H24N2O3. The van der Waals surface area contributed by atoms with Gasteiger partial charge in [0.25, 0.3) is 0 Å². The van der Waals surface area contributed by atoms with Gasteiger partial charge in [-0.3, -0.25) is 4.79 Å². The van der Waals surface area contributed by atoms with E-state index in [1.807, 2.05) is 31.2 Å². The van der Waals surface area contributed by atoms with Crippen molar-refractivity contribution in [2.75, 3.05) is 26.9 Å². The number of hydrogen-bond donors (Lipinski definition) is 1. The third-order valence-electron chi connectivity index (χ3n) is 3.84. The van der Waals surface area contributed by atoms with E-state index in [1.54, 1.807) is 11.9 Å². The molecule has 1 aliphatic rings. The number of benzene rings is 1. The van der Waals surface area contributed by atoms with Crippen LogP contribution in [0.25, 0.3) is 0 Å². The fourth-order valence-corrected chi connectivity index (χ4v) is 2.59. The third-order valence-corrected chi connectivity index (χ3v) is 3.84. The van der Waals surface area contributed by atoms with Crippen LogP contribution in [0.1, 0.15) is 25.3 Å². The second-order valence-corrected chi connectivity index (χ2v) is 5.47. The summed E-state index contributed by atoms with van der Waals surface area (Å²) >= 11 is 0. The minimum absolute atomic E-state index is 0.0305. The number of carbonyl (C=O) groups is 1. The fraction of sp³-hybridized carbons (Fsp3) is 0.562. The summed E-state index contributed by atoms with van der Waals surface area (Å²) in [6.45, 7) is 4.14. The van der Waals surface area contributed by atoms with Gasteiger partial charge in [0.1, 0.15) is 5.75 Å². The first-order valence-electron chi connectivity index (χ1n) is 7.40. The quantitative estimate of drug-likeness (QED) is 0.894. The van der Waals surface area contributed by atoms with E-state index in [0.717, 1.165) is 11.3 Å². The molecule has 116 valence electrons. The molecule has 1 fully saturated rings. The summed E-state index contributed by atoms with van der Waals surface area (Å²) in [5, 5.41) is 0. The smallest absolute Gasteiger partial charge is 0.242 e. The zero-order valence-corrected chi connectivity index (χ0v) is 12.8. The number of ether oxygens (including phenoxy) is 2. The Bertz CT molecular complexity index is 484. The average Bonchev–Trinajstić information content (AvgIpc) is 2.49. The molecule has 5 nitrogen and oxygen atoms in total. The molecule has 0 atom stereocenters. The van der Waals surface area contributed by atoms with Crippen molar-refractivity contribution in [3.8, 4) is 5.75 Å². The number of nitrogens with zero attached hydrogens (tertiary/aromatic N) is 1. The first kappa shape index (κ1) is 15.8. The molecule has 1 aromatic carbocycles. The van der Waals surface area contributed by atoms with Crippen molar-refractivity contribution in [1.29, 1.82) is 0 Å². The van der Waals surface area contributed by atoms with Crippen LogP contribution in [0.5, 0.6) is 5.75 Å². The van der Waals surface area contributed by atoms with Crippen molar-refractivity contribution < 1.29 is 14.3 Å². The van der Waals surface area contributed by atoms with Crippen LogP contribution >= 0.6 is 0 Å². The molecule has 0 spiro atoms. The number of amides is 1. The number of para-hydroxylation sites is 1. The number of likely N-dealkylation sites (N-methyl/N-ethyl adjacent to an activating group) is 1. The molecule has 2 N–H and O–H groups in total. The maximum atomic E-state index is 12.6. The molecule has 5 heteroatoms. The van der Waals surface area contributed by atoms with Gasteiger partial charge in [0.05, 0.1) is 12.1 Å². The van der Waals surface area contributed by atoms with Crippen LogP contribution in [0.2, 0.25) is 0 Å². The van der Waals surface area contributed by atoms with Crippen molar-refractivity contribution in [3.05, 3.63) is 29.8 Å². The zero-order chi connectivity index (χ0) is 15.3. The summed E-state index contributed by atoms with van der Waals surface area (Å²) in [5.41, 5.74) is 6.44. The maximum absolute atomic E-state index is 12.6. The Balaban J connectivity index is 2.07. The normalized spacial score (nSPS) is 17.3. The molecule has 0 aliphatic carbocycles. The van der Waals surface area contributed by atoms with Gasteiger partial charge in [0.15, 0.2) is 0 Å². The van der Waals surface area contributed by atoms with Gasteiger partial charge in [-0.25, -0.2) is 0 Å². The van der Waals surface area contributed by atoms with E-state index in [9.17, 15) is 4.79 Å². The van der Waals surface area contributed by atoms with Gasteiger partial charge in [-0.1, -0.05) is 18.2 Å². The van der Waals surface area contributed by atoms with Crippen LogP contribution in [0.4, 0.5) is 0 Å². The first-order valence-corrected chi connectivity index (χ1v) is 7.40.